The average Bonchev–Trinajstić information content (AvgIpc) is 3.22. The van der Waals surface area contributed by atoms with E-state index in [-0.39, 0.29) is 34.5 Å². The number of aliphatic imine (C=N–C) groups is 1. The van der Waals surface area contributed by atoms with E-state index in [4.69, 9.17) is 27.8 Å². The predicted octanol–water partition coefficient (Wildman–Crippen LogP) is 2.05. The van der Waals surface area contributed by atoms with Crippen LogP contribution in [-0.4, -0.2) is 40.4 Å². The smallest absolute Gasteiger partial charge is 0.306 e. The molecule has 1 atom stereocenters. The highest BCUT2D eigenvalue weighted by atomic mass is 35.5. The number of amides is 1. The molecule has 0 fully saturated rings. The number of nitrogen functional groups attached to an aromatic ring is 2. The standard InChI is InChI=1S/C21H26ClN7O3/c22-17-19(24)28-18(23)16(27-17)20(31)29-21-25-11-14(26-21)9-5-2-6-10-15(30)32-12-13-7-3-1-4-8-13/h1,3-4,7-8,14H,2,5-6,9-12H2,(H4,23,24,28)(H2,25,26,29,31). The predicted molar refractivity (Wildman–Crippen MR) is 122 cm³/mol. The van der Waals surface area contributed by atoms with Crippen LogP contribution in [-0.2, 0) is 16.1 Å². The Balaban J connectivity index is 1.29. The van der Waals surface area contributed by atoms with Crippen LogP contribution < -0.4 is 22.1 Å². The molecule has 2 aromatic rings. The molecule has 0 saturated heterocycles. The Hall–Kier alpha value is -3.40. The zero-order chi connectivity index (χ0) is 22.9. The number of anilines is 2. The van der Waals surface area contributed by atoms with E-state index in [2.05, 4.69) is 25.6 Å². The lowest BCUT2D eigenvalue weighted by atomic mass is 10.1. The normalized spacial score (nSPS) is 15.0. The first-order valence-corrected chi connectivity index (χ1v) is 10.7. The van der Waals surface area contributed by atoms with Crippen molar-refractivity contribution in [3.8, 4) is 0 Å². The van der Waals surface area contributed by atoms with Gasteiger partial charge in [-0.1, -0.05) is 54.8 Å². The molecule has 1 aromatic carbocycles. The second-order valence-electron chi connectivity index (χ2n) is 7.36. The zero-order valence-corrected chi connectivity index (χ0v) is 18.3. The minimum absolute atomic E-state index is 0.0402. The SMILES string of the molecule is Nc1nc(N)c(C(=O)NC2=NCC(CCCCCC(=O)OCc3ccccc3)N2)nc1Cl. The first-order chi connectivity index (χ1) is 15.4. The summed E-state index contributed by atoms with van der Waals surface area (Å²) < 4.78 is 5.27. The molecule has 1 aliphatic heterocycles. The fraction of sp³-hybridized carbons (Fsp3) is 0.381. The molecule has 0 radical (unpaired) electrons. The number of nitrogens with two attached hydrogens (primary N) is 2. The van der Waals surface area contributed by atoms with Gasteiger partial charge in [0.2, 0.25) is 0 Å². The Labute approximate surface area is 190 Å². The number of carbonyl (C=O) groups is 2. The number of benzene rings is 1. The number of hydrogen-bond donors (Lipinski definition) is 4. The molecule has 10 nitrogen and oxygen atoms in total. The average molecular weight is 460 g/mol. The van der Waals surface area contributed by atoms with E-state index in [0.717, 1.165) is 31.2 Å². The first-order valence-electron chi connectivity index (χ1n) is 10.3. The van der Waals surface area contributed by atoms with Crippen LogP contribution in [0.4, 0.5) is 11.6 Å². The van der Waals surface area contributed by atoms with Crippen LogP contribution in [0.2, 0.25) is 5.15 Å². The van der Waals surface area contributed by atoms with E-state index in [1.165, 1.54) is 0 Å². The summed E-state index contributed by atoms with van der Waals surface area (Å²) in [6, 6.07) is 9.71. The number of carbonyl (C=O) groups excluding carboxylic acids is 2. The van der Waals surface area contributed by atoms with Gasteiger partial charge in [-0.2, -0.15) is 0 Å². The van der Waals surface area contributed by atoms with Crippen LogP contribution >= 0.6 is 11.6 Å². The maximum Gasteiger partial charge on any atom is 0.306 e. The van der Waals surface area contributed by atoms with Crippen LogP contribution in [0.5, 0.6) is 0 Å². The molecule has 0 bridgehead atoms. The molecule has 2 heterocycles. The number of nitrogens with zero attached hydrogens (tertiary/aromatic N) is 3. The number of nitrogens with one attached hydrogen (secondary N) is 2. The molecule has 0 saturated carbocycles. The summed E-state index contributed by atoms with van der Waals surface area (Å²) in [6.45, 7) is 0.843. The highest BCUT2D eigenvalue weighted by Gasteiger charge is 2.22. The van der Waals surface area contributed by atoms with Gasteiger partial charge >= 0.3 is 5.97 Å². The highest BCUT2D eigenvalue weighted by molar-refractivity contribution is 6.31. The van der Waals surface area contributed by atoms with Crippen molar-refractivity contribution >= 4 is 41.1 Å². The van der Waals surface area contributed by atoms with Crippen molar-refractivity contribution < 1.29 is 14.3 Å². The van der Waals surface area contributed by atoms with Crippen molar-refractivity contribution in [2.45, 2.75) is 44.8 Å². The summed E-state index contributed by atoms with van der Waals surface area (Å²) in [4.78, 5) is 36.1. The second kappa shape index (κ2) is 11.3. The molecule has 6 N–H and O–H groups in total. The molecule has 3 rings (SSSR count). The van der Waals surface area contributed by atoms with Crippen LogP contribution in [0.15, 0.2) is 35.3 Å². The number of unbranched alkanes of at least 4 members (excludes halogenated alkanes) is 2. The van der Waals surface area contributed by atoms with Crippen molar-refractivity contribution in [3.05, 3.63) is 46.7 Å². The Morgan fingerprint density at radius 1 is 1.12 bits per heavy atom. The van der Waals surface area contributed by atoms with Gasteiger partial charge < -0.3 is 21.5 Å². The first kappa shape index (κ1) is 23.3. The molecule has 0 spiro atoms. The highest BCUT2D eigenvalue weighted by Crippen LogP contribution is 2.17. The number of hydrogen-bond acceptors (Lipinski definition) is 9. The quantitative estimate of drug-likeness (QED) is 0.327. The molecule has 11 heteroatoms. The summed E-state index contributed by atoms with van der Waals surface area (Å²) in [7, 11) is 0. The third-order valence-electron chi connectivity index (χ3n) is 4.84. The maximum atomic E-state index is 12.3. The maximum absolute atomic E-state index is 12.3. The van der Waals surface area contributed by atoms with E-state index in [0.29, 0.717) is 25.5 Å². The van der Waals surface area contributed by atoms with Gasteiger partial charge in [0.15, 0.2) is 28.4 Å². The van der Waals surface area contributed by atoms with E-state index < -0.39 is 5.91 Å². The van der Waals surface area contributed by atoms with Crippen LogP contribution in [0.25, 0.3) is 0 Å². The van der Waals surface area contributed by atoms with Crippen molar-refractivity contribution in [2.24, 2.45) is 4.99 Å². The number of esters is 1. The number of ether oxygens (including phenoxy) is 1. The van der Waals surface area contributed by atoms with Crippen molar-refractivity contribution in [3.63, 3.8) is 0 Å². The molecule has 1 aliphatic rings. The molecule has 1 amide bonds. The minimum atomic E-state index is -0.571. The van der Waals surface area contributed by atoms with Gasteiger partial charge in [-0.25, -0.2) is 9.97 Å². The van der Waals surface area contributed by atoms with Gasteiger partial charge in [-0.05, 0) is 18.4 Å². The lowest BCUT2D eigenvalue weighted by Crippen LogP contribution is -2.42. The second-order valence-corrected chi connectivity index (χ2v) is 7.72. The van der Waals surface area contributed by atoms with Crippen molar-refractivity contribution in [1.82, 2.24) is 20.6 Å². The summed E-state index contributed by atoms with van der Waals surface area (Å²) in [5, 5.41) is 5.68. The summed E-state index contributed by atoms with van der Waals surface area (Å²) in [5.74, 6) is -0.564. The molecule has 170 valence electrons. The Morgan fingerprint density at radius 3 is 2.69 bits per heavy atom. The summed E-state index contributed by atoms with van der Waals surface area (Å²) in [5.41, 5.74) is 12.1. The van der Waals surface area contributed by atoms with Gasteiger partial charge in [-0.3, -0.25) is 19.9 Å². The Kier molecular flexibility index (Phi) is 8.20. The lowest BCUT2D eigenvalue weighted by molar-refractivity contribution is -0.145. The fourth-order valence-corrected chi connectivity index (χ4v) is 3.27. The summed E-state index contributed by atoms with van der Waals surface area (Å²) >= 11 is 5.81. The van der Waals surface area contributed by atoms with Gasteiger partial charge in [0.05, 0.1) is 6.54 Å². The number of halogens is 1. The van der Waals surface area contributed by atoms with Gasteiger partial charge in [-0.15, -0.1) is 0 Å². The van der Waals surface area contributed by atoms with E-state index in [1.54, 1.807) is 0 Å². The fourth-order valence-electron chi connectivity index (χ4n) is 3.15. The number of guanidine groups is 1. The van der Waals surface area contributed by atoms with E-state index >= 15 is 0 Å². The molecular weight excluding hydrogens is 434 g/mol. The van der Waals surface area contributed by atoms with E-state index in [1.807, 2.05) is 30.3 Å². The third kappa shape index (κ3) is 6.81. The van der Waals surface area contributed by atoms with E-state index in [9.17, 15) is 9.59 Å². The van der Waals surface area contributed by atoms with Crippen molar-refractivity contribution in [1.29, 1.82) is 0 Å². The van der Waals surface area contributed by atoms with Crippen molar-refractivity contribution in [2.75, 3.05) is 18.0 Å². The number of aromatic nitrogens is 2. The van der Waals surface area contributed by atoms with Crippen LogP contribution in [0.1, 0.15) is 48.2 Å². The molecular formula is C21H26ClN7O3. The Morgan fingerprint density at radius 2 is 1.91 bits per heavy atom. The molecule has 0 aliphatic carbocycles. The topological polar surface area (TPSA) is 158 Å². The van der Waals surface area contributed by atoms with Crippen LogP contribution in [0, 0.1) is 0 Å². The van der Waals surface area contributed by atoms with Crippen LogP contribution in [0.3, 0.4) is 0 Å². The Bertz CT molecular complexity index is 985. The van der Waals surface area contributed by atoms with Gasteiger partial charge in [0.1, 0.15) is 6.61 Å². The number of rotatable bonds is 9. The lowest BCUT2D eigenvalue weighted by Gasteiger charge is -2.12. The van der Waals surface area contributed by atoms with Gasteiger partial charge in [0.25, 0.3) is 5.91 Å². The summed E-state index contributed by atoms with van der Waals surface area (Å²) in [6.07, 6.45) is 3.84. The molecule has 32 heavy (non-hydrogen) atoms. The molecule has 1 aromatic heterocycles. The zero-order valence-electron chi connectivity index (χ0n) is 17.5. The third-order valence-corrected chi connectivity index (χ3v) is 5.12. The molecule has 1 unspecified atom stereocenters. The minimum Gasteiger partial charge on any atom is -0.461 e. The monoisotopic (exact) mass is 459 g/mol. The van der Waals surface area contributed by atoms with Gasteiger partial charge in [0, 0.05) is 12.5 Å². The largest absolute Gasteiger partial charge is 0.461 e.